The minimum atomic E-state index is -4.43. The predicted octanol–water partition coefficient (Wildman–Crippen LogP) is 1.34. The highest BCUT2D eigenvalue weighted by atomic mass is 32.1. The van der Waals surface area contributed by atoms with Gasteiger partial charge in [0.05, 0.1) is 0 Å². The highest BCUT2D eigenvalue weighted by Crippen LogP contribution is 2.34. The fourth-order valence-electron chi connectivity index (χ4n) is 0.819. The van der Waals surface area contributed by atoms with Crippen molar-refractivity contribution in [3.05, 3.63) is 5.01 Å². The van der Waals surface area contributed by atoms with Gasteiger partial charge in [-0.1, -0.05) is 11.3 Å². The Kier molecular flexibility index (Phi) is 3.50. The number of aromatic nitrogens is 2. The number of halogens is 3. The van der Waals surface area contributed by atoms with E-state index in [1.165, 1.54) is 0 Å². The van der Waals surface area contributed by atoms with E-state index in [0.717, 1.165) is 0 Å². The van der Waals surface area contributed by atoms with Crippen molar-refractivity contribution in [2.75, 3.05) is 18.5 Å². The van der Waals surface area contributed by atoms with Gasteiger partial charge >= 0.3 is 6.18 Å². The topological polar surface area (TPSA) is 55.0 Å². The number of nitrogens with two attached hydrogens (primary N) is 1. The molecule has 0 saturated carbocycles. The third-order valence-electron chi connectivity index (χ3n) is 1.96. The van der Waals surface area contributed by atoms with Gasteiger partial charge in [-0.05, 0) is 6.92 Å². The summed E-state index contributed by atoms with van der Waals surface area (Å²) in [6, 6.07) is -0.0703. The second-order valence-electron chi connectivity index (χ2n) is 3.08. The van der Waals surface area contributed by atoms with Gasteiger partial charge in [-0.25, -0.2) is 0 Å². The highest BCUT2D eigenvalue weighted by molar-refractivity contribution is 7.15. The van der Waals surface area contributed by atoms with E-state index in [2.05, 4.69) is 10.2 Å². The summed E-state index contributed by atoms with van der Waals surface area (Å²) in [6.45, 7) is 2.14. The SMILES string of the molecule is CC(CN)N(C)c1nnc(C(F)(F)F)s1. The monoisotopic (exact) mass is 240 g/mol. The fraction of sp³-hybridized carbons (Fsp3) is 0.714. The van der Waals surface area contributed by atoms with Crippen LogP contribution in [0.1, 0.15) is 11.9 Å². The highest BCUT2D eigenvalue weighted by Gasteiger charge is 2.36. The molecule has 0 aliphatic rings. The molecule has 1 atom stereocenters. The van der Waals surface area contributed by atoms with Gasteiger partial charge in [-0.2, -0.15) is 13.2 Å². The first-order chi connectivity index (χ1) is 6.86. The molecule has 0 radical (unpaired) electrons. The van der Waals surface area contributed by atoms with E-state index < -0.39 is 11.2 Å². The van der Waals surface area contributed by atoms with E-state index in [-0.39, 0.29) is 11.2 Å². The number of hydrogen-bond donors (Lipinski definition) is 1. The van der Waals surface area contributed by atoms with Crippen molar-refractivity contribution in [1.82, 2.24) is 10.2 Å². The molecule has 1 unspecified atom stereocenters. The van der Waals surface area contributed by atoms with Gasteiger partial charge in [0.25, 0.3) is 0 Å². The summed E-state index contributed by atoms with van der Waals surface area (Å²) < 4.78 is 36.6. The maximum Gasteiger partial charge on any atom is 0.445 e. The molecule has 1 heterocycles. The molecule has 0 bridgehead atoms. The molecule has 0 spiro atoms. The van der Waals surface area contributed by atoms with Crippen LogP contribution in [0.25, 0.3) is 0 Å². The number of anilines is 1. The molecule has 1 rings (SSSR count). The summed E-state index contributed by atoms with van der Waals surface area (Å²) in [5.74, 6) is 0. The molecular formula is C7H11F3N4S. The summed E-state index contributed by atoms with van der Waals surface area (Å²) in [5.41, 5.74) is 5.40. The molecule has 86 valence electrons. The lowest BCUT2D eigenvalue weighted by molar-refractivity contribution is -0.138. The largest absolute Gasteiger partial charge is 0.445 e. The van der Waals surface area contributed by atoms with Gasteiger partial charge in [-0.3, -0.25) is 0 Å². The average Bonchev–Trinajstić information content (AvgIpc) is 2.63. The van der Waals surface area contributed by atoms with Crippen molar-refractivity contribution < 1.29 is 13.2 Å². The first-order valence-corrected chi connectivity index (χ1v) is 5.01. The molecule has 8 heteroatoms. The lowest BCUT2D eigenvalue weighted by atomic mass is 10.3. The Balaban J connectivity index is 2.85. The minimum absolute atomic E-state index is 0.0703. The maximum atomic E-state index is 12.2. The van der Waals surface area contributed by atoms with Gasteiger partial charge in [0.2, 0.25) is 10.1 Å². The Bertz CT molecular complexity index is 324. The zero-order valence-corrected chi connectivity index (χ0v) is 9.06. The molecule has 0 aliphatic heterocycles. The van der Waals surface area contributed by atoms with Crippen LogP contribution in [0.4, 0.5) is 18.3 Å². The summed E-state index contributed by atoms with van der Waals surface area (Å²) in [5, 5.41) is 5.84. The molecule has 4 nitrogen and oxygen atoms in total. The second-order valence-corrected chi connectivity index (χ2v) is 4.04. The fourth-order valence-corrected chi connectivity index (χ4v) is 1.60. The molecule has 0 saturated heterocycles. The number of nitrogens with zero attached hydrogens (tertiary/aromatic N) is 3. The van der Waals surface area contributed by atoms with E-state index in [1.54, 1.807) is 18.9 Å². The van der Waals surface area contributed by atoms with Gasteiger partial charge in [0.1, 0.15) is 0 Å². The molecule has 0 fully saturated rings. The van der Waals surface area contributed by atoms with Gasteiger partial charge < -0.3 is 10.6 Å². The lowest BCUT2D eigenvalue weighted by Gasteiger charge is -2.21. The van der Waals surface area contributed by atoms with Crippen molar-refractivity contribution in [1.29, 1.82) is 0 Å². The van der Waals surface area contributed by atoms with Crippen LogP contribution in [0.15, 0.2) is 0 Å². The third kappa shape index (κ3) is 2.78. The van der Waals surface area contributed by atoms with Gasteiger partial charge in [0.15, 0.2) is 0 Å². The van der Waals surface area contributed by atoms with Crippen LogP contribution in [0, 0.1) is 0 Å². The quantitative estimate of drug-likeness (QED) is 0.866. The van der Waals surface area contributed by atoms with Crippen LogP contribution in [0.3, 0.4) is 0 Å². The van der Waals surface area contributed by atoms with Gasteiger partial charge in [0, 0.05) is 19.6 Å². The normalized spacial score (nSPS) is 14.0. The van der Waals surface area contributed by atoms with E-state index in [1.807, 2.05) is 0 Å². The number of likely N-dealkylation sites (N-methyl/N-ethyl adjacent to an activating group) is 1. The Morgan fingerprint density at radius 1 is 1.47 bits per heavy atom. The average molecular weight is 240 g/mol. The molecule has 15 heavy (non-hydrogen) atoms. The number of hydrogen-bond acceptors (Lipinski definition) is 5. The zero-order valence-electron chi connectivity index (χ0n) is 8.25. The summed E-state index contributed by atoms with van der Waals surface area (Å²) >= 11 is 0.515. The standard InChI is InChI=1S/C7H11F3N4S/c1-4(3-11)14(2)6-13-12-5(15-6)7(8,9)10/h4H,3,11H2,1-2H3. The van der Waals surface area contributed by atoms with E-state index >= 15 is 0 Å². The van der Waals surface area contributed by atoms with E-state index in [4.69, 9.17) is 5.73 Å². The van der Waals surface area contributed by atoms with Crippen LogP contribution in [0.5, 0.6) is 0 Å². The van der Waals surface area contributed by atoms with Crippen LogP contribution in [0.2, 0.25) is 0 Å². The summed E-state index contributed by atoms with van der Waals surface area (Å²) in [7, 11) is 1.64. The molecular weight excluding hydrogens is 229 g/mol. The lowest BCUT2D eigenvalue weighted by Crippen LogP contribution is -2.35. The third-order valence-corrected chi connectivity index (χ3v) is 3.02. The molecule has 0 amide bonds. The van der Waals surface area contributed by atoms with Crippen LogP contribution in [-0.4, -0.2) is 29.8 Å². The summed E-state index contributed by atoms with van der Waals surface area (Å²) in [4.78, 5) is 1.58. The summed E-state index contributed by atoms with van der Waals surface area (Å²) in [6.07, 6.45) is -4.43. The van der Waals surface area contributed by atoms with Crippen LogP contribution < -0.4 is 10.6 Å². The predicted molar refractivity (Wildman–Crippen MR) is 51.8 cm³/mol. The van der Waals surface area contributed by atoms with Crippen molar-refractivity contribution >= 4 is 16.5 Å². The Hall–Kier alpha value is -0.890. The number of rotatable bonds is 3. The van der Waals surface area contributed by atoms with Gasteiger partial charge in [-0.15, -0.1) is 10.2 Å². The van der Waals surface area contributed by atoms with Crippen LogP contribution >= 0.6 is 11.3 Å². The Labute approximate surface area is 88.9 Å². The van der Waals surface area contributed by atoms with E-state index in [9.17, 15) is 13.2 Å². The molecule has 1 aromatic rings. The van der Waals surface area contributed by atoms with Crippen molar-refractivity contribution in [2.24, 2.45) is 5.73 Å². The Morgan fingerprint density at radius 2 is 2.07 bits per heavy atom. The molecule has 0 aromatic carbocycles. The van der Waals surface area contributed by atoms with Crippen molar-refractivity contribution in [3.8, 4) is 0 Å². The smallest absolute Gasteiger partial charge is 0.346 e. The van der Waals surface area contributed by atoms with E-state index in [0.29, 0.717) is 17.9 Å². The Morgan fingerprint density at radius 3 is 2.47 bits per heavy atom. The molecule has 1 aromatic heterocycles. The number of alkyl halides is 3. The van der Waals surface area contributed by atoms with Crippen molar-refractivity contribution in [3.63, 3.8) is 0 Å². The van der Waals surface area contributed by atoms with Crippen LogP contribution in [-0.2, 0) is 6.18 Å². The van der Waals surface area contributed by atoms with Crippen molar-refractivity contribution in [2.45, 2.75) is 19.1 Å². The minimum Gasteiger partial charge on any atom is -0.346 e. The first-order valence-electron chi connectivity index (χ1n) is 4.20. The maximum absolute atomic E-state index is 12.2. The molecule has 2 N–H and O–H groups in total. The zero-order chi connectivity index (χ0) is 11.6. The second kappa shape index (κ2) is 4.31. The first kappa shape index (κ1) is 12.2. The molecule has 0 aliphatic carbocycles.